The Labute approximate surface area is 229 Å². The Morgan fingerprint density at radius 3 is 1.85 bits per heavy atom. The van der Waals surface area contributed by atoms with Crippen LogP contribution in [0.4, 0.5) is 11.4 Å². The van der Waals surface area contributed by atoms with Gasteiger partial charge in [-0.25, -0.2) is 9.97 Å². The maximum Gasteiger partial charge on any atom is 0.155 e. The molecular formula is C30H26N8O2. The van der Waals surface area contributed by atoms with Crippen molar-refractivity contribution in [3.8, 4) is 33.8 Å². The maximum absolute atomic E-state index is 6.66. The van der Waals surface area contributed by atoms with Gasteiger partial charge in [-0.1, -0.05) is 12.1 Å². The predicted octanol–water partition coefficient (Wildman–Crippen LogP) is 5.14. The van der Waals surface area contributed by atoms with Crippen LogP contribution in [0, 0.1) is 0 Å². The largest absolute Gasteiger partial charge is 0.453 e. The summed E-state index contributed by atoms with van der Waals surface area (Å²) in [5, 5.41) is 16.3. The Bertz CT molecular complexity index is 1730. The van der Waals surface area contributed by atoms with Crippen molar-refractivity contribution in [1.82, 2.24) is 35.3 Å². The first-order valence-corrected chi connectivity index (χ1v) is 13.4. The summed E-state index contributed by atoms with van der Waals surface area (Å²) in [6.45, 7) is 5.24. The van der Waals surface area contributed by atoms with E-state index < -0.39 is 0 Å². The van der Waals surface area contributed by atoms with Gasteiger partial charge in [0.2, 0.25) is 0 Å². The highest BCUT2D eigenvalue weighted by molar-refractivity contribution is 5.95. The van der Waals surface area contributed by atoms with Crippen LogP contribution < -0.4 is 9.64 Å². The highest BCUT2D eigenvalue weighted by Gasteiger charge is 2.27. The molecule has 0 atom stereocenters. The van der Waals surface area contributed by atoms with Gasteiger partial charge in [-0.3, -0.25) is 15.1 Å². The van der Waals surface area contributed by atoms with E-state index in [0.717, 1.165) is 107 Å². The van der Waals surface area contributed by atoms with Gasteiger partial charge in [-0.05, 0) is 58.7 Å². The molecule has 0 saturated carbocycles. The highest BCUT2D eigenvalue weighted by atomic mass is 16.5. The van der Waals surface area contributed by atoms with Crippen molar-refractivity contribution in [1.29, 1.82) is 0 Å². The first-order chi connectivity index (χ1) is 19.8. The summed E-state index contributed by atoms with van der Waals surface area (Å²) in [5.74, 6) is 1.64. The summed E-state index contributed by atoms with van der Waals surface area (Å²) in [4.78, 5) is 13.6. The second-order valence-electron chi connectivity index (χ2n) is 10.1. The van der Waals surface area contributed by atoms with Gasteiger partial charge in [0.25, 0.3) is 0 Å². The third-order valence-electron chi connectivity index (χ3n) is 7.80. The average Bonchev–Trinajstić information content (AvgIpc) is 3.69. The van der Waals surface area contributed by atoms with Crippen molar-refractivity contribution >= 4 is 33.4 Å². The molecule has 2 aliphatic rings. The molecule has 198 valence electrons. The number of nitrogens with zero attached hydrogens (tertiary/aromatic N) is 6. The van der Waals surface area contributed by atoms with Gasteiger partial charge in [-0.15, -0.1) is 0 Å². The van der Waals surface area contributed by atoms with Crippen LogP contribution in [0.15, 0.2) is 73.3 Å². The summed E-state index contributed by atoms with van der Waals surface area (Å²) < 4.78 is 12.2. The zero-order chi connectivity index (χ0) is 26.5. The van der Waals surface area contributed by atoms with Gasteiger partial charge in [0.1, 0.15) is 0 Å². The van der Waals surface area contributed by atoms with E-state index in [1.807, 2.05) is 24.5 Å². The van der Waals surface area contributed by atoms with Crippen molar-refractivity contribution in [2.24, 2.45) is 0 Å². The number of ether oxygens (including phenoxy) is 2. The van der Waals surface area contributed by atoms with Gasteiger partial charge in [0, 0.05) is 49.3 Å². The molecule has 0 spiro atoms. The fourth-order valence-electron chi connectivity index (χ4n) is 5.73. The van der Waals surface area contributed by atoms with Crippen LogP contribution in [-0.2, 0) is 4.74 Å². The van der Waals surface area contributed by atoms with Crippen LogP contribution in [0.3, 0.4) is 0 Å². The predicted molar refractivity (Wildman–Crippen MR) is 153 cm³/mol. The fourth-order valence-corrected chi connectivity index (χ4v) is 5.73. The number of nitrogens with one attached hydrogen (secondary N) is 2. The lowest BCUT2D eigenvalue weighted by molar-refractivity contribution is 0.0394. The molecule has 1 saturated heterocycles. The molecule has 0 radical (unpaired) electrons. The smallest absolute Gasteiger partial charge is 0.155 e. The van der Waals surface area contributed by atoms with E-state index in [0.29, 0.717) is 0 Å². The molecule has 6 heterocycles. The second-order valence-corrected chi connectivity index (χ2v) is 10.1. The fraction of sp³-hybridized carbons (Fsp3) is 0.200. The first-order valence-electron chi connectivity index (χ1n) is 13.4. The summed E-state index contributed by atoms with van der Waals surface area (Å²) in [5.41, 5.74) is 7.85. The minimum Gasteiger partial charge on any atom is -0.453 e. The van der Waals surface area contributed by atoms with Crippen molar-refractivity contribution < 1.29 is 9.47 Å². The SMILES string of the molecule is c1cc(-c2ccc3c(c2)Oc2cc(-c4ccnc5[nH]ncc45)ccc2N3CCN2CCOCC2)c2cn[nH]c2n1. The van der Waals surface area contributed by atoms with Crippen LogP contribution in [0.25, 0.3) is 44.3 Å². The van der Waals surface area contributed by atoms with Crippen molar-refractivity contribution in [3.63, 3.8) is 0 Å². The number of aromatic nitrogens is 6. The van der Waals surface area contributed by atoms with Crippen LogP contribution in [0.2, 0.25) is 0 Å². The zero-order valence-electron chi connectivity index (χ0n) is 21.7. The van der Waals surface area contributed by atoms with Crippen molar-refractivity contribution in [2.75, 3.05) is 44.3 Å². The Balaban J connectivity index is 1.21. The van der Waals surface area contributed by atoms with Crippen molar-refractivity contribution in [3.05, 3.63) is 73.3 Å². The molecule has 2 aromatic carbocycles. The lowest BCUT2D eigenvalue weighted by atomic mass is 10.0. The number of H-pyrrole nitrogens is 2. The third kappa shape index (κ3) is 3.88. The Morgan fingerprint density at radius 1 is 0.700 bits per heavy atom. The summed E-state index contributed by atoms with van der Waals surface area (Å²) >= 11 is 0. The van der Waals surface area contributed by atoms with Crippen LogP contribution in [0.1, 0.15) is 0 Å². The van der Waals surface area contributed by atoms with E-state index in [4.69, 9.17) is 9.47 Å². The van der Waals surface area contributed by atoms with Gasteiger partial charge >= 0.3 is 0 Å². The minimum absolute atomic E-state index is 0.765. The highest BCUT2D eigenvalue weighted by Crippen LogP contribution is 2.49. The van der Waals surface area contributed by atoms with E-state index in [-0.39, 0.29) is 0 Å². The molecule has 10 nitrogen and oxygen atoms in total. The molecule has 0 amide bonds. The lowest BCUT2D eigenvalue weighted by Crippen LogP contribution is -2.41. The second kappa shape index (κ2) is 9.44. The van der Waals surface area contributed by atoms with Crippen LogP contribution in [0.5, 0.6) is 11.5 Å². The molecule has 10 heteroatoms. The Morgan fingerprint density at radius 2 is 1.27 bits per heavy atom. The molecular weight excluding hydrogens is 504 g/mol. The van der Waals surface area contributed by atoms with Crippen molar-refractivity contribution in [2.45, 2.75) is 0 Å². The summed E-state index contributed by atoms with van der Waals surface area (Å²) in [7, 11) is 0. The third-order valence-corrected chi connectivity index (χ3v) is 7.80. The number of fused-ring (bicyclic) bond motifs is 4. The molecule has 4 aromatic heterocycles. The number of morpholine rings is 1. The topological polar surface area (TPSA) is 108 Å². The number of aromatic amines is 2. The number of benzene rings is 2. The van der Waals surface area contributed by atoms with Crippen LogP contribution >= 0.6 is 0 Å². The number of rotatable bonds is 5. The molecule has 6 aromatic rings. The number of hydrogen-bond acceptors (Lipinski definition) is 8. The molecule has 1 fully saturated rings. The molecule has 8 rings (SSSR count). The number of hydrogen-bond donors (Lipinski definition) is 2. The molecule has 0 unspecified atom stereocenters. The van der Waals surface area contributed by atoms with E-state index in [9.17, 15) is 0 Å². The van der Waals surface area contributed by atoms with E-state index >= 15 is 0 Å². The molecule has 0 aliphatic carbocycles. The van der Waals surface area contributed by atoms with E-state index in [1.54, 1.807) is 12.4 Å². The normalized spacial score (nSPS) is 15.2. The molecule has 40 heavy (non-hydrogen) atoms. The quantitative estimate of drug-likeness (QED) is 0.316. The summed E-state index contributed by atoms with van der Waals surface area (Å²) in [6.07, 6.45) is 7.24. The number of pyridine rings is 2. The average molecular weight is 531 g/mol. The zero-order valence-corrected chi connectivity index (χ0v) is 21.7. The number of anilines is 2. The lowest BCUT2D eigenvalue weighted by Gasteiger charge is -2.35. The molecule has 2 N–H and O–H groups in total. The Kier molecular flexibility index (Phi) is 5.45. The molecule has 2 aliphatic heterocycles. The van der Waals surface area contributed by atoms with Gasteiger partial charge in [0.05, 0.1) is 37.0 Å². The van der Waals surface area contributed by atoms with Gasteiger partial charge in [-0.2, -0.15) is 10.2 Å². The Hall–Kier alpha value is -4.80. The standard InChI is InChI=1S/C30H26N8O2/c1-3-25-27(15-19(1)21-5-7-31-29-23(21)17-33-35-29)40-28-16-20(22-6-8-32-30-24(22)18-34-36-30)2-4-26(28)38(25)10-9-37-11-13-39-14-12-37/h1-8,15-18H,9-14H2,(H,31,33,35)(H,32,34,36). The van der Waals surface area contributed by atoms with E-state index in [1.165, 1.54) is 0 Å². The van der Waals surface area contributed by atoms with Gasteiger partial charge in [0.15, 0.2) is 22.8 Å². The van der Waals surface area contributed by atoms with Crippen LogP contribution in [-0.4, -0.2) is 74.7 Å². The monoisotopic (exact) mass is 530 g/mol. The molecule has 0 bridgehead atoms. The first kappa shape index (κ1) is 23.1. The maximum atomic E-state index is 6.66. The van der Waals surface area contributed by atoms with Gasteiger partial charge < -0.3 is 14.4 Å². The van der Waals surface area contributed by atoms with E-state index in [2.05, 4.69) is 76.6 Å². The summed E-state index contributed by atoms with van der Waals surface area (Å²) in [6, 6.07) is 16.9. The minimum atomic E-state index is 0.765.